The summed E-state index contributed by atoms with van der Waals surface area (Å²) in [5.41, 5.74) is 1.42. The zero-order valence-electron chi connectivity index (χ0n) is 11.4. The Morgan fingerprint density at radius 3 is 2.71 bits per heavy atom. The summed E-state index contributed by atoms with van der Waals surface area (Å²) in [6.45, 7) is 3.96. The Labute approximate surface area is 129 Å². The van der Waals surface area contributed by atoms with Crippen LogP contribution in [0, 0.1) is 18.6 Å². The molecule has 0 saturated carbocycles. The Hall–Kier alpha value is -1.53. The van der Waals surface area contributed by atoms with E-state index in [0.717, 1.165) is 16.8 Å². The molecule has 1 aromatic carbocycles. The van der Waals surface area contributed by atoms with Gasteiger partial charge in [-0.25, -0.2) is 18.7 Å². The van der Waals surface area contributed by atoms with Gasteiger partial charge in [0.1, 0.15) is 16.3 Å². The van der Waals surface area contributed by atoms with Crippen molar-refractivity contribution in [2.75, 3.05) is 0 Å². The predicted octanol–water partition coefficient (Wildman–Crippen LogP) is 4.43. The molecule has 0 aliphatic carbocycles. The summed E-state index contributed by atoms with van der Waals surface area (Å²) in [5, 5.41) is 2.30. The molecular weight excluding hydrogens is 316 g/mol. The number of thiazole rings is 1. The van der Waals surface area contributed by atoms with Crippen molar-refractivity contribution in [1.82, 2.24) is 14.5 Å². The van der Waals surface area contributed by atoms with Crippen LogP contribution in [0.15, 0.2) is 17.5 Å². The Morgan fingerprint density at radius 1 is 1.33 bits per heavy atom. The van der Waals surface area contributed by atoms with E-state index < -0.39 is 17.0 Å². The molecule has 3 rings (SSSR count). The van der Waals surface area contributed by atoms with Crippen molar-refractivity contribution in [3.63, 3.8) is 0 Å². The van der Waals surface area contributed by atoms with E-state index >= 15 is 0 Å². The lowest BCUT2D eigenvalue weighted by molar-refractivity contribution is 0.511. The first kappa shape index (κ1) is 14.4. The van der Waals surface area contributed by atoms with Crippen LogP contribution in [0.1, 0.15) is 28.8 Å². The van der Waals surface area contributed by atoms with Crippen LogP contribution in [0.5, 0.6) is 0 Å². The number of aromatic nitrogens is 3. The summed E-state index contributed by atoms with van der Waals surface area (Å²) >= 11 is 7.59. The topological polar surface area (TPSA) is 30.7 Å². The molecule has 0 saturated heterocycles. The number of aryl methyl sites for hydroxylation is 1. The van der Waals surface area contributed by atoms with Gasteiger partial charge in [-0.05, 0) is 26.0 Å². The maximum Gasteiger partial charge on any atom is 0.184 e. The van der Waals surface area contributed by atoms with Gasteiger partial charge in [-0.2, -0.15) is 0 Å². The van der Waals surface area contributed by atoms with Gasteiger partial charge < -0.3 is 4.57 Å². The molecule has 21 heavy (non-hydrogen) atoms. The van der Waals surface area contributed by atoms with Crippen LogP contribution < -0.4 is 0 Å². The van der Waals surface area contributed by atoms with E-state index in [0.29, 0.717) is 17.9 Å². The maximum absolute atomic E-state index is 14.1. The molecular formula is C14H12ClF2N3S. The quantitative estimate of drug-likeness (QED) is 0.666. The fraction of sp³-hybridized carbons (Fsp3) is 0.286. The molecule has 3 aromatic rings. The van der Waals surface area contributed by atoms with Gasteiger partial charge in [0.2, 0.25) is 0 Å². The maximum atomic E-state index is 14.1. The minimum Gasteiger partial charge on any atom is -0.317 e. The van der Waals surface area contributed by atoms with Gasteiger partial charge >= 0.3 is 0 Å². The molecule has 7 heteroatoms. The third-order valence-corrected chi connectivity index (χ3v) is 4.29. The number of hydrogen-bond acceptors (Lipinski definition) is 3. The lowest BCUT2D eigenvalue weighted by atomic mass is 10.3. The zero-order valence-corrected chi connectivity index (χ0v) is 13.0. The largest absolute Gasteiger partial charge is 0.317 e. The summed E-state index contributed by atoms with van der Waals surface area (Å²) in [4.78, 5) is 8.67. The van der Waals surface area contributed by atoms with Crippen LogP contribution >= 0.6 is 22.9 Å². The molecule has 0 aliphatic heterocycles. The third kappa shape index (κ3) is 2.53. The third-order valence-electron chi connectivity index (χ3n) is 3.14. The predicted molar refractivity (Wildman–Crippen MR) is 79.9 cm³/mol. The van der Waals surface area contributed by atoms with Gasteiger partial charge in [0.25, 0.3) is 0 Å². The van der Waals surface area contributed by atoms with E-state index in [1.165, 1.54) is 17.4 Å². The number of fused-ring (bicyclic) bond motifs is 1. The highest BCUT2D eigenvalue weighted by Crippen LogP contribution is 2.28. The molecule has 1 atom stereocenters. The second-order valence-corrected chi connectivity index (χ2v) is 6.38. The highest BCUT2D eigenvalue weighted by atomic mass is 35.5. The van der Waals surface area contributed by atoms with E-state index in [9.17, 15) is 8.78 Å². The van der Waals surface area contributed by atoms with Crippen molar-refractivity contribution >= 4 is 34.0 Å². The van der Waals surface area contributed by atoms with Crippen molar-refractivity contribution in [2.24, 2.45) is 0 Å². The Bertz CT molecular complexity index is 810. The lowest BCUT2D eigenvalue weighted by Gasteiger charge is -2.09. The van der Waals surface area contributed by atoms with E-state index in [1.54, 1.807) is 11.5 Å². The number of alkyl halides is 1. The van der Waals surface area contributed by atoms with Crippen molar-refractivity contribution < 1.29 is 8.78 Å². The summed E-state index contributed by atoms with van der Waals surface area (Å²) < 4.78 is 29.3. The van der Waals surface area contributed by atoms with E-state index in [1.807, 2.05) is 12.3 Å². The summed E-state index contributed by atoms with van der Waals surface area (Å²) in [7, 11) is 0. The first-order valence-electron chi connectivity index (χ1n) is 6.36. The van der Waals surface area contributed by atoms with Crippen molar-refractivity contribution in [3.8, 4) is 0 Å². The minimum absolute atomic E-state index is 0.130. The summed E-state index contributed by atoms with van der Waals surface area (Å²) in [6.07, 6.45) is 0. The van der Waals surface area contributed by atoms with Gasteiger partial charge in [0.05, 0.1) is 17.4 Å². The second-order valence-electron chi connectivity index (χ2n) is 4.78. The highest BCUT2D eigenvalue weighted by molar-refractivity contribution is 7.09. The van der Waals surface area contributed by atoms with Crippen molar-refractivity contribution in [3.05, 3.63) is 45.7 Å². The van der Waals surface area contributed by atoms with Gasteiger partial charge in [0, 0.05) is 11.1 Å². The first-order valence-corrected chi connectivity index (χ1v) is 7.68. The molecule has 0 radical (unpaired) electrons. The van der Waals surface area contributed by atoms with Crippen LogP contribution in [-0.2, 0) is 6.54 Å². The average molecular weight is 328 g/mol. The molecule has 0 N–H and O–H groups in total. The SMILES string of the molecule is Cc1csc(Cn2c(C(C)Cl)nc3ccc(F)c(F)c32)n1. The molecule has 110 valence electrons. The Balaban J connectivity index is 2.22. The standard InChI is InChI=1S/C14H12ClF2N3S/c1-7-6-21-11(18-7)5-20-13-10(19-14(20)8(2)15)4-3-9(16)12(13)17/h3-4,6,8H,5H2,1-2H3. The van der Waals surface area contributed by atoms with Gasteiger partial charge in [-0.15, -0.1) is 22.9 Å². The zero-order chi connectivity index (χ0) is 15.1. The molecule has 3 nitrogen and oxygen atoms in total. The molecule has 0 bridgehead atoms. The Kier molecular flexibility index (Phi) is 3.67. The summed E-state index contributed by atoms with van der Waals surface area (Å²) in [6, 6.07) is 2.53. The van der Waals surface area contributed by atoms with Crippen LogP contribution in [0.25, 0.3) is 11.0 Å². The molecule has 0 aliphatic rings. The van der Waals surface area contributed by atoms with Crippen molar-refractivity contribution in [1.29, 1.82) is 0 Å². The molecule has 2 heterocycles. The Morgan fingerprint density at radius 2 is 2.10 bits per heavy atom. The lowest BCUT2D eigenvalue weighted by Crippen LogP contribution is -2.07. The van der Waals surface area contributed by atoms with Crippen molar-refractivity contribution in [2.45, 2.75) is 25.8 Å². The molecule has 0 fully saturated rings. The fourth-order valence-electron chi connectivity index (χ4n) is 2.25. The fourth-order valence-corrected chi connectivity index (χ4v) is 3.18. The average Bonchev–Trinajstić information content (AvgIpc) is 2.99. The van der Waals surface area contributed by atoms with Gasteiger partial charge in [0.15, 0.2) is 11.6 Å². The van der Waals surface area contributed by atoms with Crippen LogP contribution in [0.4, 0.5) is 8.78 Å². The smallest absolute Gasteiger partial charge is 0.184 e. The number of hydrogen-bond donors (Lipinski definition) is 0. The molecule has 2 aromatic heterocycles. The number of nitrogens with zero attached hydrogens (tertiary/aromatic N) is 3. The minimum atomic E-state index is -0.906. The van der Waals surface area contributed by atoms with Crippen LogP contribution in [0.3, 0.4) is 0 Å². The van der Waals surface area contributed by atoms with Crippen LogP contribution in [0.2, 0.25) is 0 Å². The summed E-state index contributed by atoms with van der Waals surface area (Å²) in [5.74, 6) is -1.30. The molecule has 0 spiro atoms. The first-order chi connectivity index (χ1) is 9.97. The number of halogens is 3. The van der Waals surface area contributed by atoms with Crippen LogP contribution in [-0.4, -0.2) is 14.5 Å². The van der Waals surface area contributed by atoms with Gasteiger partial charge in [-0.3, -0.25) is 0 Å². The second kappa shape index (κ2) is 5.35. The number of imidazole rings is 1. The van der Waals surface area contributed by atoms with E-state index in [4.69, 9.17) is 11.6 Å². The molecule has 0 amide bonds. The number of benzene rings is 1. The van der Waals surface area contributed by atoms with E-state index in [-0.39, 0.29) is 5.52 Å². The molecule has 1 unspecified atom stereocenters. The van der Waals surface area contributed by atoms with Gasteiger partial charge in [-0.1, -0.05) is 0 Å². The highest BCUT2D eigenvalue weighted by Gasteiger charge is 2.20. The van der Waals surface area contributed by atoms with E-state index in [2.05, 4.69) is 9.97 Å². The normalized spacial score (nSPS) is 13.0. The number of rotatable bonds is 3. The monoisotopic (exact) mass is 327 g/mol.